The third-order valence-corrected chi connectivity index (χ3v) is 3.40. The highest BCUT2D eigenvalue weighted by Crippen LogP contribution is 2.32. The van der Waals surface area contributed by atoms with Crippen LogP contribution in [0.15, 0.2) is 48.5 Å². The molecule has 3 rings (SSSR count). The average molecular weight is 297 g/mol. The zero-order valence-electron chi connectivity index (χ0n) is 11.7. The molecule has 22 heavy (non-hydrogen) atoms. The number of methoxy groups -OCH3 is 1. The van der Waals surface area contributed by atoms with Gasteiger partial charge in [-0.1, -0.05) is 30.3 Å². The number of halogens is 1. The Hall–Kier alpha value is -2.95. The Bertz CT molecular complexity index is 863. The summed E-state index contributed by atoms with van der Waals surface area (Å²) in [6, 6.07) is 13.7. The Kier molecular flexibility index (Phi) is 3.47. The Labute approximate surface area is 125 Å². The van der Waals surface area contributed by atoms with Gasteiger partial charge < -0.3 is 9.84 Å². The molecule has 0 spiro atoms. The fourth-order valence-electron chi connectivity index (χ4n) is 2.32. The number of hydrogen-bond acceptors (Lipinski definition) is 3. The first-order valence-corrected chi connectivity index (χ1v) is 6.58. The van der Waals surface area contributed by atoms with Crippen molar-refractivity contribution in [3.05, 3.63) is 59.9 Å². The van der Waals surface area contributed by atoms with Crippen LogP contribution in [-0.2, 0) is 0 Å². The molecule has 1 aromatic heterocycles. The van der Waals surface area contributed by atoms with Crippen LogP contribution in [0.3, 0.4) is 0 Å². The predicted molar refractivity (Wildman–Crippen MR) is 80.6 cm³/mol. The molecule has 1 heterocycles. The zero-order chi connectivity index (χ0) is 15.7. The van der Waals surface area contributed by atoms with Crippen molar-refractivity contribution in [1.82, 2.24) is 4.98 Å². The van der Waals surface area contributed by atoms with Crippen molar-refractivity contribution in [2.75, 3.05) is 7.11 Å². The van der Waals surface area contributed by atoms with Gasteiger partial charge in [-0.25, -0.2) is 14.2 Å². The number of pyridine rings is 1. The second-order valence-corrected chi connectivity index (χ2v) is 4.70. The van der Waals surface area contributed by atoms with Crippen molar-refractivity contribution in [1.29, 1.82) is 0 Å². The molecule has 4 nitrogen and oxygen atoms in total. The van der Waals surface area contributed by atoms with Crippen molar-refractivity contribution in [3.8, 4) is 17.0 Å². The molecular weight excluding hydrogens is 285 g/mol. The molecule has 0 aliphatic rings. The molecule has 0 bridgehead atoms. The van der Waals surface area contributed by atoms with Crippen LogP contribution in [0, 0.1) is 5.82 Å². The van der Waals surface area contributed by atoms with E-state index in [0.717, 1.165) is 5.56 Å². The highest BCUT2D eigenvalue weighted by Gasteiger charge is 2.18. The fraction of sp³-hybridized carbons (Fsp3) is 0.0588. The van der Waals surface area contributed by atoms with Gasteiger partial charge in [0.25, 0.3) is 0 Å². The van der Waals surface area contributed by atoms with Gasteiger partial charge in [-0.2, -0.15) is 0 Å². The Morgan fingerprint density at radius 1 is 1.18 bits per heavy atom. The summed E-state index contributed by atoms with van der Waals surface area (Å²) in [6.45, 7) is 0. The van der Waals surface area contributed by atoms with Gasteiger partial charge in [-0.05, 0) is 12.1 Å². The van der Waals surface area contributed by atoms with Crippen LogP contribution in [0.1, 0.15) is 10.4 Å². The summed E-state index contributed by atoms with van der Waals surface area (Å²) in [6.07, 6.45) is 0. The van der Waals surface area contributed by atoms with Crippen LogP contribution in [0.25, 0.3) is 22.2 Å². The SMILES string of the molecule is COc1cc(-c2ccccc2)nc2c(F)c(C(=O)O)ccc12. The van der Waals surface area contributed by atoms with Crippen LogP contribution >= 0.6 is 0 Å². The van der Waals surface area contributed by atoms with Gasteiger partial charge in [0.1, 0.15) is 11.3 Å². The maximum Gasteiger partial charge on any atom is 0.338 e. The van der Waals surface area contributed by atoms with Crippen molar-refractivity contribution in [2.45, 2.75) is 0 Å². The number of nitrogens with zero attached hydrogens (tertiary/aromatic N) is 1. The van der Waals surface area contributed by atoms with Gasteiger partial charge in [0.05, 0.1) is 18.4 Å². The smallest absolute Gasteiger partial charge is 0.338 e. The summed E-state index contributed by atoms with van der Waals surface area (Å²) in [4.78, 5) is 15.4. The van der Waals surface area contributed by atoms with E-state index < -0.39 is 17.3 Å². The van der Waals surface area contributed by atoms with E-state index in [1.807, 2.05) is 30.3 Å². The highest BCUT2D eigenvalue weighted by atomic mass is 19.1. The van der Waals surface area contributed by atoms with Crippen molar-refractivity contribution in [2.24, 2.45) is 0 Å². The molecule has 0 saturated carbocycles. The number of aromatic nitrogens is 1. The highest BCUT2D eigenvalue weighted by molar-refractivity contribution is 5.96. The van der Waals surface area contributed by atoms with Gasteiger partial charge in [-0.3, -0.25) is 0 Å². The number of carboxylic acid groups (broad SMARTS) is 1. The Morgan fingerprint density at radius 3 is 2.55 bits per heavy atom. The van der Waals surface area contributed by atoms with E-state index in [9.17, 15) is 9.18 Å². The predicted octanol–water partition coefficient (Wildman–Crippen LogP) is 3.75. The summed E-state index contributed by atoms with van der Waals surface area (Å²) in [5.74, 6) is -1.74. The van der Waals surface area contributed by atoms with Gasteiger partial charge in [-0.15, -0.1) is 0 Å². The van der Waals surface area contributed by atoms with E-state index in [2.05, 4.69) is 4.98 Å². The van der Waals surface area contributed by atoms with Crippen LogP contribution < -0.4 is 4.74 Å². The van der Waals surface area contributed by atoms with Crippen LogP contribution in [-0.4, -0.2) is 23.2 Å². The lowest BCUT2D eigenvalue weighted by molar-refractivity contribution is 0.0692. The molecule has 0 aliphatic carbocycles. The van der Waals surface area contributed by atoms with E-state index >= 15 is 0 Å². The first-order valence-electron chi connectivity index (χ1n) is 6.58. The zero-order valence-corrected chi connectivity index (χ0v) is 11.7. The summed E-state index contributed by atoms with van der Waals surface area (Å²) in [7, 11) is 1.48. The monoisotopic (exact) mass is 297 g/mol. The first kappa shape index (κ1) is 14.0. The Morgan fingerprint density at radius 2 is 1.91 bits per heavy atom. The number of benzene rings is 2. The standard InChI is InChI=1S/C17H12FNO3/c1-22-14-9-13(10-5-3-2-4-6-10)19-16-11(14)7-8-12(15(16)18)17(20)21/h2-9H,1H3,(H,20,21). The van der Waals surface area contributed by atoms with Crippen molar-refractivity contribution < 1.29 is 19.0 Å². The minimum atomic E-state index is -1.33. The molecule has 110 valence electrons. The number of carbonyl (C=O) groups is 1. The van der Waals surface area contributed by atoms with Crippen molar-refractivity contribution >= 4 is 16.9 Å². The molecular formula is C17H12FNO3. The van der Waals surface area contributed by atoms with E-state index in [1.165, 1.54) is 19.2 Å². The molecule has 2 aromatic carbocycles. The second-order valence-electron chi connectivity index (χ2n) is 4.70. The first-order chi connectivity index (χ1) is 10.6. The molecule has 5 heteroatoms. The number of carboxylic acids is 1. The topological polar surface area (TPSA) is 59.4 Å². The minimum Gasteiger partial charge on any atom is -0.496 e. The van der Waals surface area contributed by atoms with Gasteiger partial charge in [0, 0.05) is 17.0 Å². The molecule has 0 unspecified atom stereocenters. The molecule has 0 atom stereocenters. The molecule has 0 fully saturated rings. The molecule has 3 aromatic rings. The lowest BCUT2D eigenvalue weighted by atomic mass is 10.1. The van der Waals surface area contributed by atoms with Crippen LogP contribution in [0.4, 0.5) is 4.39 Å². The van der Waals surface area contributed by atoms with Crippen molar-refractivity contribution in [3.63, 3.8) is 0 Å². The number of fused-ring (bicyclic) bond motifs is 1. The molecule has 0 saturated heterocycles. The second kappa shape index (κ2) is 5.44. The van der Waals surface area contributed by atoms with E-state index in [0.29, 0.717) is 16.8 Å². The third kappa shape index (κ3) is 2.26. The Balaban J connectivity index is 2.33. The lowest BCUT2D eigenvalue weighted by Crippen LogP contribution is -2.03. The van der Waals surface area contributed by atoms with E-state index in [1.54, 1.807) is 6.07 Å². The summed E-state index contributed by atoms with van der Waals surface area (Å²) in [5.41, 5.74) is 0.889. The van der Waals surface area contributed by atoms with E-state index in [4.69, 9.17) is 9.84 Å². The van der Waals surface area contributed by atoms with Gasteiger partial charge >= 0.3 is 5.97 Å². The number of aromatic carboxylic acids is 1. The summed E-state index contributed by atoms with van der Waals surface area (Å²) >= 11 is 0. The number of rotatable bonds is 3. The number of ether oxygens (including phenoxy) is 1. The van der Waals surface area contributed by atoms with E-state index in [-0.39, 0.29) is 5.52 Å². The van der Waals surface area contributed by atoms with Crippen LogP contribution in [0.5, 0.6) is 5.75 Å². The lowest BCUT2D eigenvalue weighted by Gasteiger charge is -2.10. The maximum atomic E-state index is 14.4. The molecule has 0 radical (unpaired) electrons. The average Bonchev–Trinajstić information content (AvgIpc) is 2.55. The molecule has 1 N–H and O–H groups in total. The largest absolute Gasteiger partial charge is 0.496 e. The summed E-state index contributed by atoms with van der Waals surface area (Å²) in [5, 5.41) is 9.47. The van der Waals surface area contributed by atoms with Crippen LogP contribution in [0.2, 0.25) is 0 Å². The maximum absolute atomic E-state index is 14.4. The molecule has 0 aliphatic heterocycles. The minimum absolute atomic E-state index is 0.0156. The third-order valence-electron chi connectivity index (χ3n) is 3.40. The number of hydrogen-bond donors (Lipinski definition) is 1. The normalized spacial score (nSPS) is 10.6. The van der Waals surface area contributed by atoms with Gasteiger partial charge in [0.15, 0.2) is 5.82 Å². The fourth-order valence-corrected chi connectivity index (χ4v) is 2.32. The summed E-state index contributed by atoms with van der Waals surface area (Å²) < 4.78 is 19.7. The van der Waals surface area contributed by atoms with Gasteiger partial charge in [0.2, 0.25) is 0 Å². The molecule has 0 amide bonds. The quantitative estimate of drug-likeness (QED) is 0.800.